The van der Waals surface area contributed by atoms with Crippen molar-refractivity contribution in [3.8, 4) is 0 Å². The van der Waals surface area contributed by atoms with Gasteiger partial charge >= 0.3 is 0 Å². The van der Waals surface area contributed by atoms with E-state index in [9.17, 15) is 8.42 Å². The first kappa shape index (κ1) is 11.9. The highest BCUT2D eigenvalue weighted by molar-refractivity contribution is 7.89. The van der Waals surface area contributed by atoms with Crippen molar-refractivity contribution in [3.63, 3.8) is 0 Å². The minimum absolute atomic E-state index is 0.0294. The lowest BCUT2D eigenvalue weighted by molar-refractivity contribution is 0.460. The largest absolute Gasteiger partial charge is 0.326 e. The first-order chi connectivity index (χ1) is 6.45. The molecule has 0 aromatic rings. The highest BCUT2D eigenvalue weighted by atomic mass is 32.2. The second kappa shape index (κ2) is 4.59. The van der Waals surface area contributed by atoms with Crippen LogP contribution in [-0.2, 0) is 10.0 Å². The fraction of sp³-hybridized carbons (Fsp3) is 1.00. The van der Waals surface area contributed by atoms with Crippen molar-refractivity contribution in [2.75, 3.05) is 18.8 Å². The van der Waals surface area contributed by atoms with E-state index in [1.54, 1.807) is 0 Å². The quantitative estimate of drug-likeness (QED) is 0.745. The standard InChI is InChI=1S/C9H20N2O2S/c1-3-8(2)7-14(12,13)11-5-4-9(10)6-11/h8-9H,3-7,10H2,1-2H3/t8?,9-/m1/s1. The van der Waals surface area contributed by atoms with Crippen LogP contribution in [0, 0.1) is 5.92 Å². The predicted octanol–water partition coefficient (Wildman–Crippen LogP) is 0.395. The van der Waals surface area contributed by atoms with E-state index in [1.165, 1.54) is 4.31 Å². The van der Waals surface area contributed by atoms with Crippen molar-refractivity contribution in [1.82, 2.24) is 4.31 Å². The van der Waals surface area contributed by atoms with Crippen molar-refractivity contribution >= 4 is 10.0 Å². The van der Waals surface area contributed by atoms with Gasteiger partial charge in [0.15, 0.2) is 0 Å². The van der Waals surface area contributed by atoms with Crippen molar-refractivity contribution in [2.45, 2.75) is 32.7 Å². The first-order valence-electron chi connectivity index (χ1n) is 5.19. The van der Waals surface area contributed by atoms with E-state index in [4.69, 9.17) is 5.73 Å². The Kier molecular flexibility index (Phi) is 3.92. The lowest BCUT2D eigenvalue weighted by atomic mass is 10.2. The van der Waals surface area contributed by atoms with Crippen molar-refractivity contribution < 1.29 is 8.42 Å². The van der Waals surface area contributed by atoms with Crippen molar-refractivity contribution in [1.29, 1.82) is 0 Å². The molecule has 1 fully saturated rings. The Hall–Kier alpha value is -0.130. The zero-order valence-corrected chi connectivity index (χ0v) is 9.76. The normalized spacial score (nSPS) is 26.6. The SMILES string of the molecule is CCC(C)CS(=O)(=O)N1CC[C@@H](N)C1. The zero-order chi connectivity index (χ0) is 10.8. The predicted molar refractivity (Wildman–Crippen MR) is 57.4 cm³/mol. The summed E-state index contributed by atoms with van der Waals surface area (Å²) in [5.41, 5.74) is 5.68. The summed E-state index contributed by atoms with van der Waals surface area (Å²) in [5.74, 6) is 0.493. The summed E-state index contributed by atoms with van der Waals surface area (Å²) in [6, 6.07) is 0.0294. The third-order valence-corrected chi connectivity index (χ3v) is 4.88. The number of sulfonamides is 1. The smallest absolute Gasteiger partial charge is 0.214 e. The molecule has 0 spiro atoms. The molecule has 0 aromatic heterocycles. The van der Waals surface area contributed by atoms with Crippen molar-refractivity contribution in [2.24, 2.45) is 11.7 Å². The van der Waals surface area contributed by atoms with Gasteiger partial charge in [0.25, 0.3) is 0 Å². The highest BCUT2D eigenvalue weighted by Gasteiger charge is 2.30. The van der Waals surface area contributed by atoms with E-state index >= 15 is 0 Å². The number of nitrogens with zero attached hydrogens (tertiary/aromatic N) is 1. The molecular weight excluding hydrogens is 200 g/mol. The molecule has 4 nitrogen and oxygen atoms in total. The van der Waals surface area contributed by atoms with Gasteiger partial charge < -0.3 is 5.73 Å². The third-order valence-electron chi connectivity index (χ3n) is 2.77. The number of hydrogen-bond donors (Lipinski definition) is 1. The van der Waals surface area contributed by atoms with E-state index in [0.717, 1.165) is 12.8 Å². The van der Waals surface area contributed by atoms with E-state index < -0.39 is 10.0 Å². The lowest BCUT2D eigenvalue weighted by Gasteiger charge is -2.18. The maximum atomic E-state index is 11.8. The number of nitrogens with two attached hydrogens (primary N) is 1. The molecule has 1 unspecified atom stereocenters. The summed E-state index contributed by atoms with van der Waals surface area (Å²) in [6.07, 6.45) is 1.69. The fourth-order valence-corrected chi connectivity index (χ4v) is 3.56. The summed E-state index contributed by atoms with van der Waals surface area (Å²) in [7, 11) is -3.05. The minimum atomic E-state index is -3.05. The van der Waals surface area contributed by atoms with E-state index in [0.29, 0.717) is 13.1 Å². The molecule has 1 saturated heterocycles. The van der Waals surface area contributed by atoms with Crippen LogP contribution in [0.4, 0.5) is 0 Å². The summed E-state index contributed by atoms with van der Waals surface area (Å²) in [4.78, 5) is 0. The third kappa shape index (κ3) is 2.93. The van der Waals surface area contributed by atoms with Crippen LogP contribution >= 0.6 is 0 Å². The molecule has 2 atom stereocenters. The van der Waals surface area contributed by atoms with Gasteiger partial charge in [-0.2, -0.15) is 0 Å². The van der Waals surface area contributed by atoms with Crippen LogP contribution in [0.15, 0.2) is 0 Å². The Morgan fingerprint density at radius 2 is 2.21 bits per heavy atom. The van der Waals surface area contributed by atoms with Crippen LogP contribution in [0.1, 0.15) is 26.7 Å². The van der Waals surface area contributed by atoms with Gasteiger partial charge in [-0.05, 0) is 12.3 Å². The van der Waals surface area contributed by atoms with Crippen LogP contribution < -0.4 is 5.73 Å². The Balaban J connectivity index is 2.57. The molecule has 1 rings (SSSR count). The molecule has 1 heterocycles. The lowest BCUT2D eigenvalue weighted by Crippen LogP contribution is -2.35. The van der Waals surface area contributed by atoms with Crippen LogP contribution in [0.3, 0.4) is 0 Å². The molecule has 84 valence electrons. The molecule has 0 aliphatic carbocycles. The molecule has 1 aliphatic heterocycles. The van der Waals surface area contributed by atoms with Gasteiger partial charge in [-0.25, -0.2) is 12.7 Å². The first-order valence-corrected chi connectivity index (χ1v) is 6.80. The fourth-order valence-electron chi connectivity index (χ4n) is 1.59. The van der Waals surface area contributed by atoms with Crippen molar-refractivity contribution in [3.05, 3.63) is 0 Å². The molecule has 14 heavy (non-hydrogen) atoms. The van der Waals surface area contributed by atoms with Crippen LogP contribution in [-0.4, -0.2) is 37.6 Å². The summed E-state index contributed by atoms with van der Waals surface area (Å²) >= 11 is 0. The summed E-state index contributed by atoms with van der Waals surface area (Å²) in [6.45, 7) is 5.07. The van der Waals surface area contributed by atoms with Gasteiger partial charge in [0.2, 0.25) is 10.0 Å². The second-order valence-corrected chi connectivity index (χ2v) is 6.21. The molecular formula is C9H20N2O2S. The second-order valence-electron chi connectivity index (χ2n) is 4.20. The van der Waals surface area contributed by atoms with Crippen LogP contribution in [0.2, 0.25) is 0 Å². The topological polar surface area (TPSA) is 63.4 Å². The Morgan fingerprint density at radius 1 is 1.57 bits per heavy atom. The average Bonchev–Trinajstić information content (AvgIpc) is 2.51. The van der Waals surface area contributed by atoms with Gasteiger partial charge in [-0.15, -0.1) is 0 Å². The molecule has 0 amide bonds. The van der Waals surface area contributed by atoms with Gasteiger partial charge in [-0.1, -0.05) is 20.3 Å². The van der Waals surface area contributed by atoms with E-state index in [1.807, 2.05) is 13.8 Å². The molecule has 5 heteroatoms. The Morgan fingerprint density at radius 3 is 2.64 bits per heavy atom. The van der Waals surface area contributed by atoms with Crippen LogP contribution in [0.25, 0.3) is 0 Å². The summed E-state index contributed by atoms with van der Waals surface area (Å²) in [5, 5.41) is 0. The minimum Gasteiger partial charge on any atom is -0.326 e. The molecule has 1 aliphatic rings. The molecule has 0 saturated carbocycles. The highest BCUT2D eigenvalue weighted by Crippen LogP contribution is 2.16. The monoisotopic (exact) mass is 220 g/mol. The Labute approximate surface area is 86.5 Å². The van der Waals surface area contributed by atoms with Gasteiger partial charge in [-0.3, -0.25) is 0 Å². The van der Waals surface area contributed by atoms with E-state index in [-0.39, 0.29) is 17.7 Å². The Bertz CT molecular complexity index is 277. The van der Waals surface area contributed by atoms with Crippen LogP contribution in [0.5, 0.6) is 0 Å². The van der Waals surface area contributed by atoms with E-state index in [2.05, 4.69) is 0 Å². The molecule has 0 bridgehead atoms. The zero-order valence-electron chi connectivity index (χ0n) is 8.94. The molecule has 0 aromatic carbocycles. The molecule has 0 radical (unpaired) electrons. The number of rotatable bonds is 4. The van der Waals surface area contributed by atoms with Gasteiger partial charge in [0.05, 0.1) is 5.75 Å². The maximum Gasteiger partial charge on any atom is 0.214 e. The average molecular weight is 220 g/mol. The van der Waals surface area contributed by atoms with Gasteiger partial charge in [0.1, 0.15) is 0 Å². The summed E-state index contributed by atoms with van der Waals surface area (Å²) < 4.78 is 25.2. The van der Waals surface area contributed by atoms with Gasteiger partial charge in [0, 0.05) is 19.1 Å². The number of hydrogen-bond acceptors (Lipinski definition) is 3. The molecule has 2 N–H and O–H groups in total. The maximum absolute atomic E-state index is 11.8.